The highest BCUT2D eigenvalue weighted by atomic mass is 16.2. The maximum absolute atomic E-state index is 11.1. The second-order valence-corrected chi connectivity index (χ2v) is 2.82. The van der Waals surface area contributed by atoms with E-state index in [2.05, 4.69) is 18.8 Å². The summed E-state index contributed by atoms with van der Waals surface area (Å²) in [5, 5.41) is 3.13. The van der Waals surface area contributed by atoms with Crippen LogP contribution in [0, 0.1) is 0 Å². The van der Waals surface area contributed by atoms with Crippen molar-refractivity contribution in [1.29, 1.82) is 0 Å². The topological polar surface area (TPSA) is 32.3 Å². The average molecular weight is 170 g/mol. The van der Waals surface area contributed by atoms with Crippen molar-refractivity contribution in [3.63, 3.8) is 0 Å². The van der Waals surface area contributed by atoms with Gasteiger partial charge in [-0.1, -0.05) is 13.5 Å². The first kappa shape index (κ1) is 11.2. The molecule has 0 aliphatic carbocycles. The molecule has 0 heterocycles. The van der Waals surface area contributed by atoms with Crippen LogP contribution in [0.2, 0.25) is 0 Å². The Bertz CT molecular complexity index is 153. The summed E-state index contributed by atoms with van der Waals surface area (Å²) in [6.45, 7) is 6.25. The molecule has 1 unspecified atom stereocenters. The average Bonchev–Trinajstić information content (AvgIpc) is 2.12. The smallest absolute Gasteiger partial charge is 0.245 e. The summed E-state index contributed by atoms with van der Waals surface area (Å²) in [5.74, 6) is -0.0244. The largest absolute Gasteiger partial charge is 0.341 e. The van der Waals surface area contributed by atoms with Crippen molar-refractivity contribution in [3.8, 4) is 0 Å². The molecular formula is C9H18N2O. The van der Waals surface area contributed by atoms with Gasteiger partial charge in [-0.3, -0.25) is 4.79 Å². The zero-order valence-electron chi connectivity index (χ0n) is 8.13. The van der Waals surface area contributed by atoms with Crippen molar-refractivity contribution >= 4 is 5.91 Å². The molecule has 0 saturated carbocycles. The van der Waals surface area contributed by atoms with Gasteiger partial charge >= 0.3 is 0 Å². The van der Waals surface area contributed by atoms with E-state index in [1.54, 1.807) is 11.9 Å². The lowest BCUT2D eigenvalue weighted by molar-refractivity contribution is -0.125. The summed E-state index contributed by atoms with van der Waals surface area (Å²) in [7, 11) is 3.68. The number of likely N-dealkylation sites (N-methyl/N-ethyl adjacent to an activating group) is 2. The fourth-order valence-corrected chi connectivity index (χ4v) is 1.00. The maximum atomic E-state index is 11.1. The van der Waals surface area contributed by atoms with E-state index in [-0.39, 0.29) is 5.91 Å². The Balaban J connectivity index is 3.88. The Morgan fingerprint density at radius 2 is 2.33 bits per heavy atom. The van der Waals surface area contributed by atoms with Crippen molar-refractivity contribution < 1.29 is 4.79 Å². The van der Waals surface area contributed by atoms with Crippen LogP contribution < -0.4 is 5.32 Å². The van der Waals surface area contributed by atoms with Gasteiger partial charge in [0.25, 0.3) is 0 Å². The van der Waals surface area contributed by atoms with Crippen LogP contribution in [0.5, 0.6) is 0 Å². The number of hydrogen-bond acceptors (Lipinski definition) is 2. The molecule has 0 bridgehead atoms. The lowest BCUT2D eigenvalue weighted by Gasteiger charge is -2.21. The van der Waals surface area contributed by atoms with Crippen molar-refractivity contribution in [2.75, 3.05) is 20.6 Å². The molecule has 0 spiro atoms. The Hall–Kier alpha value is -0.830. The van der Waals surface area contributed by atoms with Crippen LogP contribution in [0.4, 0.5) is 0 Å². The van der Waals surface area contributed by atoms with Crippen molar-refractivity contribution in [2.24, 2.45) is 0 Å². The van der Waals surface area contributed by atoms with Gasteiger partial charge in [0.1, 0.15) is 0 Å². The first-order valence-corrected chi connectivity index (χ1v) is 4.20. The van der Waals surface area contributed by atoms with E-state index in [0.717, 1.165) is 13.0 Å². The Morgan fingerprint density at radius 3 is 2.67 bits per heavy atom. The number of carbonyl (C=O) groups excluding carboxylic acids is 1. The number of amides is 1. The van der Waals surface area contributed by atoms with Crippen LogP contribution in [-0.4, -0.2) is 37.5 Å². The van der Waals surface area contributed by atoms with Gasteiger partial charge in [-0.25, -0.2) is 0 Å². The van der Waals surface area contributed by atoms with Gasteiger partial charge in [-0.2, -0.15) is 0 Å². The summed E-state index contributed by atoms with van der Waals surface area (Å²) in [6.07, 6.45) is 2.35. The predicted molar refractivity (Wildman–Crippen MR) is 51.0 cm³/mol. The minimum atomic E-state index is -0.0244. The minimum absolute atomic E-state index is 0.0244. The summed E-state index contributed by atoms with van der Waals surface area (Å²) in [4.78, 5) is 12.7. The number of carbonyl (C=O) groups is 1. The van der Waals surface area contributed by atoms with E-state index in [1.807, 2.05) is 7.05 Å². The van der Waals surface area contributed by atoms with Crippen LogP contribution in [-0.2, 0) is 4.79 Å². The molecule has 3 heteroatoms. The molecule has 0 aliphatic heterocycles. The standard InChI is InChI=1S/C9H18N2O/c1-5-8(10-3)7-11(4)9(12)6-2/h6,8,10H,2,5,7H2,1,3-4H3. The quantitative estimate of drug-likeness (QED) is 0.614. The minimum Gasteiger partial charge on any atom is -0.341 e. The number of rotatable bonds is 5. The molecule has 0 fully saturated rings. The maximum Gasteiger partial charge on any atom is 0.245 e. The highest BCUT2D eigenvalue weighted by molar-refractivity contribution is 5.86. The van der Waals surface area contributed by atoms with Crippen LogP contribution in [0.15, 0.2) is 12.7 Å². The third-order valence-electron chi connectivity index (χ3n) is 1.95. The molecule has 0 aliphatic rings. The van der Waals surface area contributed by atoms with Gasteiger partial charge in [-0.15, -0.1) is 0 Å². The molecule has 0 rings (SSSR count). The Kier molecular flexibility index (Phi) is 5.37. The molecule has 0 aromatic rings. The highest BCUT2D eigenvalue weighted by Gasteiger charge is 2.09. The third kappa shape index (κ3) is 3.53. The van der Waals surface area contributed by atoms with Crippen LogP contribution in [0.3, 0.4) is 0 Å². The van der Waals surface area contributed by atoms with Gasteiger partial charge in [0.2, 0.25) is 5.91 Å². The molecule has 70 valence electrons. The van der Waals surface area contributed by atoms with Crippen molar-refractivity contribution in [2.45, 2.75) is 19.4 Å². The monoisotopic (exact) mass is 170 g/mol. The molecule has 0 saturated heterocycles. The van der Waals surface area contributed by atoms with Crippen molar-refractivity contribution in [3.05, 3.63) is 12.7 Å². The molecule has 12 heavy (non-hydrogen) atoms. The third-order valence-corrected chi connectivity index (χ3v) is 1.95. The molecule has 0 radical (unpaired) electrons. The second-order valence-electron chi connectivity index (χ2n) is 2.82. The zero-order valence-corrected chi connectivity index (χ0v) is 8.13. The van der Waals surface area contributed by atoms with Gasteiger partial charge in [0, 0.05) is 19.6 Å². The fraction of sp³-hybridized carbons (Fsp3) is 0.667. The van der Waals surface area contributed by atoms with Gasteiger partial charge in [0.05, 0.1) is 0 Å². The van der Waals surface area contributed by atoms with Crippen LogP contribution in [0.1, 0.15) is 13.3 Å². The summed E-state index contributed by atoms with van der Waals surface area (Å²) < 4.78 is 0. The van der Waals surface area contributed by atoms with Crippen molar-refractivity contribution in [1.82, 2.24) is 10.2 Å². The van der Waals surface area contributed by atoms with E-state index in [9.17, 15) is 4.79 Å². The van der Waals surface area contributed by atoms with E-state index in [4.69, 9.17) is 0 Å². The summed E-state index contributed by atoms with van der Waals surface area (Å²) >= 11 is 0. The highest BCUT2D eigenvalue weighted by Crippen LogP contribution is 1.94. The number of nitrogens with zero attached hydrogens (tertiary/aromatic N) is 1. The molecule has 3 nitrogen and oxygen atoms in total. The van der Waals surface area contributed by atoms with E-state index in [0.29, 0.717) is 6.04 Å². The molecule has 1 atom stereocenters. The van der Waals surface area contributed by atoms with Gasteiger partial charge in [0.15, 0.2) is 0 Å². The first-order valence-electron chi connectivity index (χ1n) is 4.20. The molecule has 1 N–H and O–H groups in total. The van der Waals surface area contributed by atoms with E-state index in [1.165, 1.54) is 6.08 Å². The van der Waals surface area contributed by atoms with Crippen LogP contribution >= 0.6 is 0 Å². The molecular weight excluding hydrogens is 152 g/mol. The number of hydrogen-bond donors (Lipinski definition) is 1. The lowest BCUT2D eigenvalue weighted by Crippen LogP contribution is -2.39. The molecule has 0 aromatic heterocycles. The van der Waals surface area contributed by atoms with Crippen LogP contribution in [0.25, 0.3) is 0 Å². The van der Waals surface area contributed by atoms with E-state index < -0.39 is 0 Å². The first-order chi connectivity index (χ1) is 5.65. The van der Waals surface area contributed by atoms with E-state index >= 15 is 0 Å². The summed E-state index contributed by atoms with van der Waals surface area (Å²) in [6, 6.07) is 0.374. The lowest BCUT2D eigenvalue weighted by atomic mass is 10.2. The predicted octanol–water partition coefficient (Wildman–Crippen LogP) is 0.629. The fourth-order valence-electron chi connectivity index (χ4n) is 1.00. The second kappa shape index (κ2) is 5.77. The van der Waals surface area contributed by atoms with Gasteiger partial charge in [-0.05, 0) is 19.5 Å². The zero-order chi connectivity index (χ0) is 9.56. The van der Waals surface area contributed by atoms with Gasteiger partial charge < -0.3 is 10.2 Å². The Morgan fingerprint density at radius 1 is 1.75 bits per heavy atom. The normalized spacial score (nSPS) is 12.2. The summed E-state index contributed by atoms with van der Waals surface area (Å²) in [5.41, 5.74) is 0. The number of nitrogens with one attached hydrogen (secondary N) is 1. The molecule has 0 aromatic carbocycles. The SMILES string of the molecule is C=CC(=O)N(C)CC(CC)NC. The molecule has 1 amide bonds. The Labute approximate surface area is 74.4 Å².